The summed E-state index contributed by atoms with van der Waals surface area (Å²) in [6.07, 6.45) is -0.350. The van der Waals surface area contributed by atoms with Crippen LogP contribution in [0.1, 0.15) is 33.0 Å². The Bertz CT molecular complexity index is 778. The second-order valence-corrected chi connectivity index (χ2v) is 7.64. The maximum absolute atomic E-state index is 12.2. The minimum Gasteiger partial charge on any atom is -0.459 e. The maximum atomic E-state index is 12.2. The van der Waals surface area contributed by atoms with Gasteiger partial charge < -0.3 is 19.4 Å². The fourth-order valence-electron chi connectivity index (χ4n) is 2.33. The number of ether oxygens (including phenoxy) is 1. The Kier molecular flexibility index (Phi) is 6.91. The zero-order chi connectivity index (χ0) is 20.0. The predicted octanol–water partition coefficient (Wildman–Crippen LogP) is 4.47. The summed E-state index contributed by atoms with van der Waals surface area (Å²) in [6, 6.07) is 11.1. The summed E-state index contributed by atoms with van der Waals surface area (Å²) in [7, 11) is 1.69. The number of hydrogen-bond acceptors (Lipinski definition) is 4. The van der Waals surface area contributed by atoms with Crippen molar-refractivity contribution in [2.45, 2.75) is 39.3 Å². The number of carbonyl (C=O) groups is 2. The molecule has 1 N–H and O–H groups in total. The second kappa shape index (κ2) is 8.95. The Balaban J connectivity index is 1.81. The third-order valence-electron chi connectivity index (χ3n) is 3.62. The first-order chi connectivity index (χ1) is 12.6. The number of furan rings is 1. The van der Waals surface area contributed by atoms with Gasteiger partial charge in [-0.25, -0.2) is 4.79 Å². The van der Waals surface area contributed by atoms with Gasteiger partial charge in [-0.15, -0.1) is 0 Å². The van der Waals surface area contributed by atoms with Crippen molar-refractivity contribution in [2.24, 2.45) is 0 Å². The van der Waals surface area contributed by atoms with Crippen molar-refractivity contribution in [3.63, 3.8) is 0 Å². The molecule has 1 heterocycles. The van der Waals surface area contributed by atoms with E-state index in [9.17, 15) is 9.59 Å². The first-order valence-electron chi connectivity index (χ1n) is 8.69. The van der Waals surface area contributed by atoms with Crippen LogP contribution in [0.15, 0.2) is 40.8 Å². The van der Waals surface area contributed by atoms with Gasteiger partial charge in [-0.2, -0.15) is 0 Å². The van der Waals surface area contributed by atoms with Crippen LogP contribution in [-0.2, 0) is 16.1 Å². The van der Waals surface area contributed by atoms with E-state index >= 15 is 0 Å². The molecule has 0 spiro atoms. The van der Waals surface area contributed by atoms with Crippen LogP contribution in [0.5, 0.6) is 0 Å². The predicted molar refractivity (Wildman–Crippen MR) is 104 cm³/mol. The van der Waals surface area contributed by atoms with Crippen molar-refractivity contribution < 1.29 is 18.7 Å². The molecular formula is C20H25ClN2O4. The van der Waals surface area contributed by atoms with Crippen LogP contribution in [0.4, 0.5) is 4.79 Å². The van der Waals surface area contributed by atoms with Crippen molar-refractivity contribution in [1.82, 2.24) is 10.2 Å². The zero-order valence-corrected chi connectivity index (χ0v) is 16.8. The Hall–Kier alpha value is -2.47. The van der Waals surface area contributed by atoms with Gasteiger partial charge in [0.05, 0.1) is 6.54 Å². The number of benzene rings is 1. The second-order valence-electron chi connectivity index (χ2n) is 7.20. The van der Waals surface area contributed by atoms with E-state index in [1.165, 1.54) is 0 Å². The Morgan fingerprint density at radius 2 is 1.81 bits per heavy atom. The minimum atomic E-state index is -0.564. The molecule has 6 nitrogen and oxygen atoms in total. The molecule has 0 unspecified atom stereocenters. The lowest BCUT2D eigenvalue weighted by Gasteiger charge is -2.20. The SMILES string of the molecule is CN(Cc1ccc(-c2ccc(Cl)cc2)o1)C(=O)CCNC(=O)OC(C)(C)C. The summed E-state index contributed by atoms with van der Waals surface area (Å²) in [5.74, 6) is 1.29. The molecule has 0 aliphatic rings. The van der Waals surface area contributed by atoms with Crippen molar-refractivity contribution in [3.05, 3.63) is 47.2 Å². The minimum absolute atomic E-state index is 0.101. The summed E-state index contributed by atoms with van der Waals surface area (Å²) in [5.41, 5.74) is 0.354. The summed E-state index contributed by atoms with van der Waals surface area (Å²) >= 11 is 5.89. The molecule has 0 saturated carbocycles. The quantitative estimate of drug-likeness (QED) is 0.787. The number of nitrogens with zero attached hydrogens (tertiary/aromatic N) is 1. The molecule has 2 aromatic rings. The zero-order valence-electron chi connectivity index (χ0n) is 16.0. The van der Waals surface area contributed by atoms with Gasteiger partial charge in [0.15, 0.2) is 0 Å². The topological polar surface area (TPSA) is 71.8 Å². The summed E-state index contributed by atoms with van der Waals surface area (Å²) in [4.78, 5) is 25.3. The van der Waals surface area contributed by atoms with Crippen molar-refractivity contribution in [2.75, 3.05) is 13.6 Å². The summed E-state index contributed by atoms with van der Waals surface area (Å²) in [6.45, 7) is 5.92. The number of rotatable bonds is 6. The van der Waals surface area contributed by atoms with Crippen molar-refractivity contribution in [1.29, 1.82) is 0 Å². The largest absolute Gasteiger partial charge is 0.459 e. The van der Waals surface area contributed by atoms with Gasteiger partial charge in [-0.05, 0) is 57.2 Å². The van der Waals surface area contributed by atoms with E-state index in [1.54, 1.807) is 44.9 Å². The fourth-order valence-corrected chi connectivity index (χ4v) is 2.46. The molecule has 146 valence electrons. The summed E-state index contributed by atoms with van der Waals surface area (Å²) in [5, 5.41) is 3.24. The normalized spacial score (nSPS) is 11.1. The van der Waals surface area contributed by atoms with E-state index < -0.39 is 11.7 Å². The highest BCUT2D eigenvalue weighted by Gasteiger charge is 2.17. The molecule has 0 radical (unpaired) electrons. The van der Waals surface area contributed by atoms with E-state index in [0.717, 1.165) is 5.56 Å². The van der Waals surface area contributed by atoms with E-state index in [1.807, 2.05) is 24.3 Å². The van der Waals surface area contributed by atoms with Gasteiger partial charge in [-0.1, -0.05) is 11.6 Å². The fraction of sp³-hybridized carbons (Fsp3) is 0.400. The number of carbonyl (C=O) groups excluding carboxylic acids is 2. The van der Waals surface area contributed by atoms with Gasteiger partial charge in [0.2, 0.25) is 5.91 Å². The maximum Gasteiger partial charge on any atom is 0.407 e. The standard InChI is InChI=1S/C20H25ClN2O4/c1-20(2,3)27-19(25)22-12-11-18(24)23(4)13-16-9-10-17(26-16)14-5-7-15(21)8-6-14/h5-10H,11-13H2,1-4H3,(H,22,25). The van der Waals surface area contributed by atoms with Crippen LogP contribution < -0.4 is 5.32 Å². The lowest BCUT2D eigenvalue weighted by molar-refractivity contribution is -0.130. The highest BCUT2D eigenvalue weighted by Crippen LogP contribution is 2.24. The van der Waals surface area contributed by atoms with E-state index in [2.05, 4.69) is 5.32 Å². The average Bonchev–Trinajstić information content (AvgIpc) is 3.02. The number of halogens is 1. The Morgan fingerprint density at radius 3 is 2.44 bits per heavy atom. The molecule has 0 atom stereocenters. The molecule has 2 amide bonds. The highest BCUT2D eigenvalue weighted by molar-refractivity contribution is 6.30. The number of alkyl carbamates (subject to hydrolysis) is 1. The van der Waals surface area contributed by atoms with Crippen LogP contribution >= 0.6 is 11.6 Å². The van der Waals surface area contributed by atoms with Crippen molar-refractivity contribution in [3.8, 4) is 11.3 Å². The van der Waals surface area contributed by atoms with Crippen LogP contribution in [-0.4, -0.2) is 36.1 Å². The lowest BCUT2D eigenvalue weighted by Crippen LogP contribution is -2.35. The lowest BCUT2D eigenvalue weighted by atomic mass is 10.2. The first-order valence-corrected chi connectivity index (χ1v) is 9.07. The van der Waals surface area contributed by atoms with E-state index in [0.29, 0.717) is 23.1 Å². The van der Waals surface area contributed by atoms with Crippen molar-refractivity contribution >= 4 is 23.6 Å². The third kappa shape index (κ3) is 6.98. The van der Waals surface area contributed by atoms with E-state index in [4.69, 9.17) is 20.8 Å². The third-order valence-corrected chi connectivity index (χ3v) is 3.87. The van der Waals surface area contributed by atoms with Gasteiger partial charge in [0.25, 0.3) is 0 Å². The smallest absolute Gasteiger partial charge is 0.407 e. The average molecular weight is 393 g/mol. The molecule has 0 aliphatic heterocycles. The van der Waals surface area contributed by atoms with Gasteiger partial charge >= 0.3 is 6.09 Å². The van der Waals surface area contributed by atoms with Crippen LogP contribution in [0.3, 0.4) is 0 Å². The van der Waals surface area contributed by atoms with E-state index in [-0.39, 0.29) is 18.9 Å². The Labute approximate surface area is 164 Å². The van der Waals surface area contributed by atoms with Crippen LogP contribution in [0.2, 0.25) is 5.02 Å². The molecule has 0 aliphatic carbocycles. The highest BCUT2D eigenvalue weighted by atomic mass is 35.5. The van der Waals surface area contributed by atoms with Gasteiger partial charge in [-0.3, -0.25) is 4.79 Å². The molecule has 1 aromatic carbocycles. The monoisotopic (exact) mass is 392 g/mol. The number of amides is 2. The molecule has 0 saturated heterocycles. The molecular weight excluding hydrogens is 368 g/mol. The van der Waals surface area contributed by atoms with Gasteiger partial charge in [0.1, 0.15) is 17.1 Å². The van der Waals surface area contributed by atoms with Crippen LogP contribution in [0, 0.1) is 0 Å². The van der Waals surface area contributed by atoms with Gasteiger partial charge in [0, 0.05) is 30.6 Å². The molecule has 2 rings (SSSR count). The van der Waals surface area contributed by atoms with Crippen LogP contribution in [0.25, 0.3) is 11.3 Å². The summed E-state index contributed by atoms with van der Waals surface area (Å²) < 4.78 is 10.9. The number of hydrogen-bond donors (Lipinski definition) is 1. The first kappa shape index (κ1) is 20.8. The molecule has 0 bridgehead atoms. The molecule has 0 fully saturated rings. The molecule has 1 aromatic heterocycles. The molecule has 7 heteroatoms. The number of nitrogens with one attached hydrogen (secondary N) is 1. The Morgan fingerprint density at radius 1 is 1.15 bits per heavy atom. The molecule has 27 heavy (non-hydrogen) atoms.